The molecule has 3 heteroatoms. The van der Waals surface area contributed by atoms with Gasteiger partial charge in [0.1, 0.15) is 5.82 Å². The van der Waals surface area contributed by atoms with E-state index in [1.807, 2.05) is 6.92 Å². The maximum atomic E-state index is 13.3. The number of halogens is 1. The molecule has 0 radical (unpaired) electrons. The molecule has 0 aliphatic carbocycles. The lowest BCUT2D eigenvalue weighted by molar-refractivity contribution is -0.142. The molecule has 1 N–H and O–H groups in total. The largest absolute Gasteiger partial charge is 0.481 e. The maximum Gasteiger partial charge on any atom is 0.306 e. The smallest absolute Gasteiger partial charge is 0.306 e. The van der Waals surface area contributed by atoms with Crippen molar-refractivity contribution in [2.45, 2.75) is 32.6 Å². The molecule has 0 spiro atoms. The Labute approximate surface area is 95.1 Å². The molecular formula is C13H17FO2. The number of carbonyl (C=O) groups is 1. The number of rotatable bonds is 6. The highest BCUT2D eigenvalue weighted by Gasteiger charge is 2.18. The van der Waals surface area contributed by atoms with Gasteiger partial charge in [-0.3, -0.25) is 4.79 Å². The average molecular weight is 224 g/mol. The molecule has 0 saturated heterocycles. The molecule has 0 aliphatic rings. The van der Waals surface area contributed by atoms with Crippen LogP contribution >= 0.6 is 0 Å². The summed E-state index contributed by atoms with van der Waals surface area (Å²) in [4.78, 5) is 11.0. The van der Waals surface area contributed by atoms with Gasteiger partial charge in [0.05, 0.1) is 5.92 Å². The van der Waals surface area contributed by atoms with Gasteiger partial charge in [0.15, 0.2) is 0 Å². The van der Waals surface area contributed by atoms with Crippen molar-refractivity contribution in [3.63, 3.8) is 0 Å². The normalized spacial score (nSPS) is 12.4. The number of unbranched alkanes of at least 4 members (excludes halogenated alkanes) is 1. The Kier molecular flexibility index (Phi) is 4.96. The topological polar surface area (TPSA) is 37.3 Å². The summed E-state index contributed by atoms with van der Waals surface area (Å²) in [6.45, 7) is 2.02. The number of carboxylic acids is 1. The van der Waals surface area contributed by atoms with Gasteiger partial charge in [-0.2, -0.15) is 0 Å². The predicted molar refractivity (Wildman–Crippen MR) is 60.8 cm³/mol. The number of hydrogen-bond donors (Lipinski definition) is 1. The van der Waals surface area contributed by atoms with Crippen molar-refractivity contribution in [3.8, 4) is 0 Å². The minimum Gasteiger partial charge on any atom is -0.481 e. The Hall–Kier alpha value is -1.38. The van der Waals surface area contributed by atoms with Crippen molar-refractivity contribution in [3.05, 3.63) is 35.6 Å². The fourth-order valence-electron chi connectivity index (χ4n) is 1.69. The first-order valence-electron chi connectivity index (χ1n) is 5.61. The summed E-state index contributed by atoms with van der Waals surface area (Å²) in [6, 6.07) is 6.36. The summed E-state index contributed by atoms with van der Waals surface area (Å²) in [5.74, 6) is -1.63. The average Bonchev–Trinajstić information content (AvgIpc) is 2.26. The lowest BCUT2D eigenvalue weighted by Crippen LogP contribution is -2.17. The van der Waals surface area contributed by atoms with Crippen molar-refractivity contribution in [1.82, 2.24) is 0 Å². The van der Waals surface area contributed by atoms with Crippen molar-refractivity contribution in [1.29, 1.82) is 0 Å². The predicted octanol–water partition coefficient (Wildman–Crippen LogP) is 3.26. The fraction of sp³-hybridized carbons (Fsp3) is 0.462. The van der Waals surface area contributed by atoms with E-state index in [-0.39, 0.29) is 12.2 Å². The number of carboxylic acid groups (broad SMARTS) is 1. The van der Waals surface area contributed by atoms with Gasteiger partial charge in [-0.15, -0.1) is 0 Å². The quantitative estimate of drug-likeness (QED) is 0.805. The van der Waals surface area contributed by atoms with E-state index in [1.54, 1.807) is 18.2 Å². The fourth-order valence-corrected chi connectivity index (χ4v) is 1.69. The molecule has 16 heavy (non-hydrogen) atoms. The molecule has 1 atom stereocenters. The number of aliphatic carboxylic acids is 1. The van der Waals surface area contributed by atoms with Crippen molar-refractivity contribution in [2.24, 2.45) is 5.92 Å². The van der Waals surface area contributed by atoms with Crippen LogP contribution in [0.15, 0.2) is 24.3 Å². The first kappa shape index (κ1) is 12.7. The summed E-state index contributed by atoms with van der Waals surface area (Å²) >= 11 is 0. The van der Waals surface area contributed by atoms with E-state index in [0.29, 0.717) is 12.0 Å². The molecule has 1 unspecified atom stereocenters. The van der Waals surface area contributed by atoms with Crippen LogP contribution < -0.4 is 0 Å². The van der Waals surface area contributed by atoms with E-state index in [1.165, 1.54) is 6.07 Å². The minimum atomic E-state index is -0.836. The first-order valence-corrected chi connectivity index (χ1v) is 5.61. The Morgan fingerprint density at radius 1 is 1.44 bits per heavy atom. The Balaban J connectivity index is 2.68. The van der Waals surface area contributed by atoms with Crippen LogP contribution in [0.5, 0.6) is 0 Å². The lowest BCUT2D eigenvalue weighted by atomic mass is 9.94. The van der Waals surface area contributed by atoms with Gasteiger partial charge in [0.25, 0.3) is 0 Å². The van der Waals surface area contributed by atoms with Gasteiger partial charge in [0, 0.05) is 0 Å². The molecule has 0 aromatic heterocycles. The standard InChI is InChI=1S/C13H17FO2/c1-2-3-6-11(13(15)16)9-10-7-4-5-8-12(10)14/h4-5,7-8,11H,2-3,6,9H2,1H3,(H,15,16). The summed E-state index contributed by atoms with van der Waals surface area (Å²) in [5, 5.41) is 9.03. The summed E-state index contributed by atoms with van der Waals surface area (Å²) in [5.41, 5.74) is 0.492. The van der Waals surface area contributed by atoms with E-state index in [0.717, 1.165) is 12.8 Å². The van der Waals surface area contributed by atoms with Crippen molar-refractivity contribution in [2.75, 3.05) is 0 Å². The van der Waals surface area contributed by atoms with E-state index < -0.39 is 11.9 Å². The van der Waals surface area contributed by atoms with Crippen LogP contribution in [0.4, 0.5) is 4.39 Å². The molecule has 88 valence electrons. The molecule has 2 nitrogen and oxygen atoms in total. The molecule has 0 amide bonds. The molecule has 1 rings (SSSR count). The zero-order valence-corrected chi connectivity index (χ0v) is 9.45. The van der Waals surface area contributed by atoms with E-state index in [2.05, 4.69) is 0 Å². The van der Waals surface area contributed by atoms with Crippen molar-refractivity contribution >= 4 is 5.97 Å². The highest BCUT2D eigenvalue weighted by molar-refractivity contribution is 5.70. The lowest BCUT2D eigenvalue weighted by Gasteiger charge is -2.12. The summed E-state index contributed by atoms with van der Waals surface area (Å²) in [7, 11) is 0. The van der Waals surface area contributed by atoms with Gasteiger partial charge in [-0.05, 0) is 24.5 Å². The van der Waals surface area contributed by atoms with Crippen LogP contribution in [0.1, 0.15) is 31.7 Å². The van der Waals surface area contributed by atoms with E-state index in [4.69, 9.17) is 5.11 Å². The first-order chi connectivity index (χ1) is 7.65. The highest BCUT2D eigenvalue weighted by Crippen LogP contribution is 2.17. The van der Waals surface area contributed by atoms with Crippen LogP contribution in [0.2, 0.25) is 0 Å². The van der Waals surface area contributed by atoms with E-state index in [9.17, 15) is 9.18 Å². The van der Waals surface area contributed by atoms with Crippen LogP contribution in [0.3, 0.4) is 0 Å². The molecular weight excluding hydrogens is 207 g/mol. The van der Waals surface area contributed by atoms with Crippen LogP contribution in [0, 0.1) is 11.7 Å². The summed E-state index contributed by atoms with van der Waals surface area (Å²) < 4.78 is 13.3. The van der Waals surface area contributed by atoms with Crippen molar-refractivity contribution < 1.29 is 14.3 Å². The molecule has 0 bridgehead atoms. The molecule has 0 aliphatic heterocycles. The Morgan fingerprint density at radius 2 is 2.12 bits per heavy atom. The second-order valence-corrected chi connectivity index (χ2v) is 3.97. The second-order valence-electron chi connectivity index (χ2n) is 3.97. The van der Waals surface area contributed by atoms with Gasteiger partial charge in [0.2, 0.25) is 0 Å². The summed E-state index contributed by atoms with van der Waals surface area (Å²) in [6.07, 6.45) is 2.72. The van der Waals surface area contributed by atoms with Crippen LogP contribution in [-0.2, 0) is 11.2 Å². The second kappa shape index (κ2) is 6.26. The Morgan fingerprint density at radius 3 is 2.69 bits per heavy atom. The number of benzene rings is 1. The maximum absolute atomic E-state index is 13.3. The third kappa shape index (κ3) is 3.65. The van der Waals surface area contributed by atoms with E-state index >= 15 is 0 Å². The van der Waals surface area contributed by atoms with Crippen LogP contribution in [-0.4, -0.2) is 11.1 Å². The third-order valence-corrected chi connectivity index (χ3v) is 2.68. The van der Waals surface area contributed by atoms with Crippen LogP contribution in [0.25, 0.3) is 0 Å². The SMILES string of the molecule is CCCCC(Cc1ccccc1F)C(=O)O. The monoisotopic (exact) mass is 224 g/mol. The van der Waals surface area contributed by atoms with Gasteiger partial charge < -0.3 is 5.11 Å². The minimum absolute atomic E-state index is 0.280. The molecule has 0 saturated carbocycles. The molecule has 1 aromatic rings. The Bertz CT molecular complexity index is 350. The van der Waals surface area contributed by atoms with Gasteiger partial charge in [-0.25, -0.2) is 4.39 Å². The number of hydrogen-bond acceptors (Lipinski definition) is 1. The third-order valence-electron chi connectivity index (χ3n) is 2.68. The van der Waals surface area contributed by atoms with Gasteiger partial charge >= 0.3 is 5.97 Å². The molecule has 1 aromatic carbocycles. The zero-order chi connectivity index (χ0) is 12.0. The molecule has 0 heterocycles. The highest BCUT2D eigenvalue weighted by atomic mass is 19.1. The van der Waals surface area contributed by atoms with Gasteiger partial charge in [-0.1, -0.05) is 38.0 Å². The zero-order valence-electron chi connectivity index (χ0n) is 9.45. The molecule has 0 fully saturated rings.